The number of hydrogen-bond donors (Lipinski definition) is 1. The van der Waals surface area contributed by atoms with Gasteiger partial charge in [0, 0.05) is 12.7 Å². The van der Waals surface area contributed by atoms with E-state index in [4.69, 9.17) is 20.5 Å². The highest BCUT2D eigenvalue weighted by Gasteiger charge is 2.25. The average Bonchev–Trinajstić information content (AvgIpc) is 2.98. The standard InChI is InChI=1S/C18H16N2O3/c1-22-16-8-7-15-14(16)3-2-4-17(15)23-12-5-6-13(18(20)21)11(9-12)10-19/h2-6,9,16H,7-8H2,1H3,(H2,20,21)/t16-/m1/s1. The topological polar surface area (TPSA) is 85.3 Å². The van der Waals surface area contributed by atoms with E-state index in [1.165, 1.54) is 12.1 Å². The number of nitrogens with zero attached hydrogens (tertiary/aromatic N) is 1. The Balaban J connectivity index is 1.94. The van der Waals surface area contributed by atoms with Crippen molar-refractivity contribution in [1.82, 2.24) is 0 Å². The summed E-state index contributed by atoms with van der Waals surface area (Å²) in [6.45, 7) is 0. The van der Waals surface area contributed by atoms with Crippen LogP contribution in [0, 0.1) is 11.3 Å². The molecule has 5 nitrogen and oxygen atoms in total. The fraction of sp³-hybridized carbons (Fsp3) is 0.222. The molecule has 0 aliphatic heterocycles. The summed E-state index contributed by atoms with van der Waals surface area (Å²) < 4.78 is 11.4. The monoisotopic (exact) mass is 308 g/mol. The molecule has 0 bridgehead atoms. The van der Waals surface area contributed by atoms with E-state index in [1.807, 2.05) is 24.3 Å². The molecular weight excluding hydrogens is 292 g/mol. The minimum absolute atomic E-state index is 0.0976. The van der Waals surface area contributed by atoms with Gasteiger partial charge in [-0.05, 0) is 42.7 Å². The highest BCUT2D eigenvalue weighted by Crippen LogP contribution is 2.40. The fourth-order valence-corrected chi connectivity index (χ4v) is 2.94. The second kappa shape index (κ2) is 6.11. The van der Waals surface area contributed by atoms with E-state index in [1.54, 1.807) is 13.2 Å². The fourth-order valence-electron chi connectivity index (χ4n) is 2.94. The number of carbonyl (C=O) groups excluding carboxylic acids is 1. The minimum atomic E-state index is -0.628. The lowest BCUT2D eigenvalue weighted by Gasteiger charge is -2.13. The molecule has 1 amide bonds. The van der Waals surface area contributed by atoms with Crippen molar-refractivity contribution < 1.29 is 14.3 Å². The van der Waals surface area contributed by atoms with E-state index in [0.29, 0.717) is 5.75 Å². The van der Waals surface area contributed by atoms with Gasteiger partial charge in [0.25, 0.3) is 0 Å². The summed E-state index contributed by atoms with van der Waals surface area (Å²) in [5.74, 6) is 0.621. The molecule has 23 heavy (non-hydrogen) atoms. The Morgan fingerprint density at radius 2 is 2.17 bits per heavy atom. The molecule has 0 saturated carbocycles. The van der Waals surface area contributed by atoms with Crippen LogP contribution >= 0.6 is 0 Å². The van der Waals surface area contributed by atoms with Crippen molar-refractivity contribution in [3.8, 4) is 17.6 Å². The molecule has 0 fully saturated rings. The first kappa shape index (κ1) is 15.1. The van der Waals surface area contributed by atoms with E-state index in [0.717, 1.165) is 29.7 Å². The van der Waals surface area contributed by atoms with Gasteiger partial charge in [-0.25, -0.2) is 0 Å². The third kappa shape index (κ3) is 2.77. The molecule has 1 aliphatic carbocycles. The number of ether oxygens (including phenoxy) is 2. The number of primary amides is 1. The van der Waals surface area contributed by atoms with Gasteiger partial charge in [-0.1, -0.05) is 12.1 Å². The van der Waals surface area contributed by atoms with Crippen molar-refractivity contribution >= 4 is 5.91 Å². The van der Waals surface area contributed by atoms with Gasteiger partial charge in [0.1, 0.15) is 17.6 Å². The summed E-state index contributed by atoms with van der Waals surface area (Å²) in [4.78, 5) is 11.3. The van der Waals surface area contributed by atoms with Crippen LogP contribution in [0.2, 0.25) is 0 Å². The lowest BCUT2D eigenvalue weighted by atomic mass is 10.1. The first-order valence-corrected chi connectivity index (χ1v) is 7.30. The number of nitrogens with two attached hydrogens (primary N) is 1. The van der Waals surface area contributed by atoms with E-state index in [-0.39, 0.29) is 17.2 Å². The average molecular weight is 308 g/mol. The van der Waals surface area contributed by atoms with E-state index in [9.17, 15) is 4.79 Å². The summed E-state index contributed by atoms with van der Waals surface area (Å²) in [5, 5.41) is 9.15. The molecule has 5 heteroatoms. The number of benzene rings is 2. The molecule has 0 heterocycles. The molecule has 3 rings (SSSR count). The Labute approximate surface area is 134 Å². The van der Waals surface area contributed by atoms with Gasteiger partial charge >= 0.3 is 0 Å². The van der Waals surface area contributed by atoms with Gasteiger partial charge in [-0.2, -0.15) is 5.26 Å². The number of carbonyl (C=O) groups is 1. The number of amides is 1. The number of nitriles is 1. The second-order valence-electron chi connectivity index (χ2n) is 5.37. The van der Waals surface area contributed by atoms with E-state index >= 15 is 0 Å². The Morgan fingerprint density at radius 1 is 1.35 bits per heavy atom. The first-order valence-electron chi connectivity index (χ1n) is 7.30. The van der Waals surface area contributed by atoms with Crippen LogP contribution in [0.15, 0.2) is 36.4 Å². The zero-order valence-corrected chi connectivity index (χ0v) is 12.7. The molecule has 0 radical (unpaired) electrons. The van der Waals surface area contributed by atoms with Crippen LogP contribution in [0.1, 0.15) is 39.6 Å². The molecule has 116 valence electrons. The summed E-state index contributed by atoms with van der Waals surface area (Å²) >= 11 is 0. The van der Waals surface area contributed by atoms with Crippen LogP contribution in [0.25, 0.3) is 0 Å². The summed E-state index contributed by atoms with van der Waals surface area (Å²) in [7, 11) is 1.70. The van der Waals surface area contributed by atoms with Gasteiger partial charge in [0.15, 0.2) is 0 Å². The van der Waals surface area contributed by atoms with E-state index < -0.39 is 5.91 Å². The molecule has 2 aromatic rings. The summed E-state index contributed by atoms with van der Waals surface area (Å²) in [6, 6.07) is 12.5. The molecular formula is C18H16N2O3. The van der Waals surface area contributed by atoms with Crippen molar-refractivity contribution in [3.05, 3.63) is 58.7 Å². The summed E-state index contributed by atoms with van der Waals surface area (Å²) in [5.41, 5.74) is 7.91. The number of fused-ring (bicyclic) bond motifs is 1. The van der Waals surface area contributed by atoms with Gasteiger partial charge in [-0.3, -0.25) is 4.79 Å². The van der Waals surface area contributed by atoms with Crippen molar-refractivity contribution in [2.75, 3.05) is 7.11 Å². The molecule has 1 aliphatic rings. The lowest BCUT2D eigenvalue weighted by molar-refractivity contribution is 0.1000. The number of methoxy groups -OCH3 is 1. The first-order chi connectivity index (χ1) is 11.1. The normalized spacial score (nSPS) is 15.7. The third-order valence-electron chi connectivity index (χ3n) is 4.06. The molecule has 1 atom stereocenters. The molecule has 0 unspecified atom stereocenters. The number of rotatable bonds is 4. The maximum absolute atomic E-state index is 11.3. The molecule has 2 N–H and O–H groups in total. The molecule has 0 spiro atoms. The largest absolute Gasteiger partial charge is 0.457 e. The van der Waals surface area contributed by atoms with Gasteiger partial charge in [0.05, 0.1) is 17.2 Å². The minimum Gasteiger partial charge on any atom is -0.457 e. The quantitative estimate of drug-likeness (QED) is 0.940. The van der Waals surface area contributed by atoms with Crippen molar-refractivity contribution in [1.29, 1.82) is 5.26 Å². The number of hydrogen-bond acceptors (Lipinski definition) is 4. The lowest BCUT2D eigenvalue weighted by Crippen LogP contribution is -2.12. The predicted octanol–water partition coefficient (Wildman–Crippen LogP) is 3.08. The van der Waals surface area contributed by atoms with Crippen LogP contribution in [0.4, 0.5) is 0 Å². The highest BCUT2D eigenvalue weighted by molar-refractivity contribution is 5.95. The Bertz CT molecular complexity index is 808. The zero-order valence-electron chi connectivity index (χ0n) is 12.7. The molecule has 0 aromatic heterocycles. The SMILES string of the molecule is CO[C@@H]1CCc2c(Oc3ccc(C(N)=O)c(C#N)c3)cccc21. The predicted molar refractivity (Wildman–Crippen MR) is 84.3 cm³/mol. The van der Waals surface area contributed by atoms with Crippen LogP contribution in [-0.2, 0) is 11.2 Å². The Hall–Kier alpha value is -2.84. The third-order valence-corrected chi connectivity index (χ3v) is 4.06. The van der Waals surface area contributed by atoms with E-state index in [2.05, 4.69) is 0 Å². The van der Waals surface area contributed by atoms with Crippen LogP contribution in [0.5, 0.6) is 11.5 Å². The maximum Gasteiger partial charge on any atom is 0.250 e. The van der Waals surface area contributed by atoms with Gasteiger partial charge < -0.3 is 15.2 Å². The smallest absolute Gasteiger partial charge is 0.250 e. The van der Waals surface area contributed by atoms with Gasteiger partial charge in [-0.15, -0.1) is 0 Å². The van der Waals surface area contributed by atoms with Crippen molar-refractivity contribution in [2.45, 2.75) is 18.9 Å². The van der Waals surface area contributed by atoms with Crippen molar-refractivity contribution in [2.24, 2.45) is 5.73 Å². The maximum atomic E-state index is 11.3. The van der Waals surface area contributed by atoms with Gasteiger partial charge in [0.2, 0.25) is 5.91 Å². The Kier molecular flexibility index (Phi) is 4.00. The van der Waals surface area contributed by atoms with Crippen LogP contribution in [-0.4, -0.2) is 13.0 Å². The molecule has 0 saturated heterocycles. The van der Waals surface area contributed by atoms with Crippen LogP contribution in [0.3, 0.4) is 0 Å². The molecule has 2 aromatic carbocycles. The second-order valence-corrected chi connectivity index (χ2v) is 5.37. The zero-order chi connectivity index (χ0) is 16.4. The highest BCUT2D eigenvalue weighted by atomic mass is 16.5. The summed E-state index contributed by atoms with van der Waals surface area (Å²) in [6.07, 6.45) is 1.91. The Morgan fingerprint density at radius 3 is 2.87 bits per heavy atom. The van der Waals surface area contributed by atoms with Crippen molar-refractivity contribution in [3.63, 3.8) is 0 Å². The van der Waals surface area contributed by atoms with Crippen LogP contribution < -0.4 is 10.5 Å².